The second-order valence-corrected chi connectivity index (χ2v) is 6.33. The first kappa shape index (κ1) is 16.8. The minimum atomic E-state index is -0.614. The van der Waals surface area contributed by atoms with E-state index in [-0.39, 0.29) is 18.5 Å². The topological polar surface area (TPSA) is 96.1 Å². The van der Waals surface area contributed by atoms with E-state index in [1.807, 2.05) is 19.1 Å². The Bertz CT molecular complexity index is 670. The molecule has 0 saturated heterocycles. The van der Waals surface area contributed by atoms with Crippen molar-refractivity contribution in [3.63, 3.8) is 0 Å². The summed E-state index contributed by atoms with van der Waals surface area (Å²) in [6.07, 6.45) is 2.84. The maximum atomic E-state index is 11.9. The van der Waals surface area contributed by atoms with Crippen molar-refractivity contribution in [3.8, 4) is 0 Å². The van der Waals surface area contributed by atoms with Gasteiger partial charge in [-0.2, -0.15) is 0 Å². The van der Waals surface area contributed by atoms with Crippen LogP contribution in [0.1, 0.15) is 39.4 Å². The third kappa shape index (κ3) is 4.98. The molecule has 0 radical (unpaired) electrons. The summed E-state index contributed by atoms with van der Waals surface area (Å²) < 4.78 is 5.07. The van der Waals surface area contributed by atoms with Gasteiger partial charge in [-0.05, 0) is 39.8 Å². The molecule has 0 aromatic carbocycles. The summed E-state index contributed by atoms with van der Waals surface area (Å²) in [6, 6.07) is 3.65. The lowest BCUT2D eigenvalue weighted by Crippen LogP contribution is -2.40. The maximum absolute atomic E-state index is 11.9. The molecule has 23 heavy (non-hydrogen) atoms. The Labute approximate surface area is 134 Å². The molecule has 2 aromatic heterocycles. The number of carbonyl (C=O) groups excluding carboxylic acids is 2. The highest BCUT2D eigenvalue weighted by atomic mass is 16.6. The molecule has 0 saturated carbocycles. The molecule has 2 aromatic rings. The number of hydrogen-bond donors (Lipinski definition) is 3. The van der Waals surface area contributed by atoms with Gasteiger partial charge < -0.3 is 20.4 Å². The summed E-state index contributed by atoms with van der Waals surface area (Å²) >= 11 is 0. The molecule has 1 unspecified atom stereocenters. The Kier molecular flexibility index (Phi) is 4.88. The SMILES string of the molecule is CC(NC(=O)CNC(=O)OC(C)(C)C)c1cc2ccncc2[nH]1. The Morgan fingerprint density at radius 2 is 2.13 bits per heavy atom. The second kappa shape index (κ2) is 6.68. The van der Waals surface area contributed by atoms with E-state index in [2.05, 4.69) is 20.6 Å². The standard InChI is InChI=1S/C16H22N4O3/c1-10(12-7-11-5-6-17-8-13(11)20-12)19-14(21)9-18-15(22)23-16(2,3)4/h5-8,10,20H,9H2,1-4H3,(H,18,22)(H,19,21). The molecule has 3 N–H and O–H groups in total. The van der Waals surface area contributed by atoms with Crippen molar-refractivity contribution >= 4 is 22.9 Å². The van der Waals surface area contributed by atoms with Crippen molar-refractivity contribution in [2.45, 2.75) is 39.3 Å². The molecule has 0 fully saturated rings. The Balaban J connectivity index is 1.86. The number of nitrogens with one attached hydrogen (secondary N) is 3. The van der Waals surface area contributed by atoms with Gasteiger partial charge in [-0.25, -0.2) is 4.79 Å². The molecule has 0 aliphatic heterocycles. The number of pyridine rings is 1. The molecule has 7 nitrogen and oxygen atoms in total. The molecule has 0 spiro atoms. The number of amides is 2. The first-order chi connectivity index (χ1) is 10.7. The van der Waals surface area contributed by atoms with Crippen LogP contribution in [0.15, 0.2) is 24.5 Å². The maximum Gasteiger partial charge on any atom is 0.408 e. The highest BCUT2D eigenvalue weighted by Gasteiger charge is 2.17. The number of aromatic amines is 1. The summed E-state index contributed by atoms with van der Waals surface area (Å²) in [6.45, 7) is 7.02. The quantitative estimate of drug-likeness (QED) is 0.805. The fourth-order valence-corrected chi connectivity index (χ4v) is 2.06. The zero-order valence-corrected chi connectivity index (χ0v) is 13.8. The summed E-state index contributed by atoms with van der Waals surface area (Å²) in [7, 11) is 0. The van der Waals surface area contributed by atoms with E-state index in [0.717, 1.165) is 16.6 Å². The van der Waals surface area contributed by atoms with Gasteiger partial charge in [0.1, 0.15) is 12.1 Å². The largest absolute Gasteiger partial charge is 0.444 e. The van der Waals surface area contributed by atoms with Crippen molar-refractivity contribution in [3.05, 3.63) is 30.2 Å². The minimum Gasteiger partial charge on any atom is -0.444 e. The number of aromatic nitrogens is 2. The van der Waals surface area contributed by atoms with E-state index in [1.165, 1.54) is 0 Å². The van der Waals surface area contributed by atoms with Gasteiger partial charge in [0.25, 0.3) is 0 Å². The van der Waals surface area contributed by atoms with Gasteiger partial charge in [0, 0.05) is 17.3 Å². The van der Waals surface area contributed by atoms with Gasteiger partial charge in [0.2, 0.25) is 5.91 Å². The van der Waals surface area contributed by atoms with E-state index in [4.69, 9.17) is 4.74 Å². The molecular weight excluding hydrogens is 296 g/mol. The molecular formula is C16H22N4O3. The van der Waals surface area contributed by atoms with Gasteiger partial charge in [0.05, 0.1) is 17.8 Å². The third-order valence-corrected chi connectivity index (χ3v) is 3.08. The zero-order chi connectivity index (χ0) is 17.0. The minimum absolute atomic E-state index is 0.138. The molecule has 2 amide bonds. The van der Waals surface area contributed by atoms with Gasteiger partial charge in [-0.15, -0.1) is 0 Å². The number of rotatable bonds is 4. The molecule has 2 heterocycles. The van der Waals surface area contributed by atoms with Crippen LogP contribution in [0.5, 0.6) is 0 Å². The summed E-state index contributed by atoms with van der Waals surface area (Å²) in [4.78, 5) is 30.7. The number of hydrogen-bond acceptors (Lipinski definition) is 4. The van der Waals surface area contributed by atoms with Crippen LogP contribution in [0.4, 0.5) is 4.79 Å². The van der Waals surface area contributed by atoms with E-state index in [1.54, 1.807) is 33.2 Å². The zero-order valence-electron chi connectivity index (χ0n) is 13.8. The van der Waals surface area contributed by atoms with E-state index in [0.29, 0.717) is 0 Å². The van der Waals surface area contributed by atoms with E-state index >= 15 is 0 Å². The number of fused-ring (bicyclic) bond motifs is 1. The Morgan fingerprint density at radius 1 is 1.39 bits per heavy atom. The molecule has 0 bridgehead atoms. The van der Waals surface area contributed by atoms with Crippen LogP contribution in [0.25, 0.3) is 10.9 Å². The smallest absolute Gasteiger partial charge is 0.408 e. The lowest BCUT2D eigenvalue weighted by atomic mass is 10.2. The molecule has 0 aliphatic rings. The number of ether oxygens (including phenoxy) is 1. The van der Waals surface area contributed by atoms with Crippen LogP contribution in [-0.2, 0) is 9.53 Å². The Hall–Kier alpha value is -2.57. The van der Waals surface area contributed by atoms with Crippen molar-refractivity contribution in [2.24, 2.45) is 0 Å². The molecule has 1 atom stereocenters. The van der Waals surface area contributed by atoms with Gasteiger partial charge in [-0.3, -0.25) is 9.78 Å². The summed E-state index contributed by atoms with van der Waals surface area (Å²) in [5, 5.41) is 6.27. The van der Waals surface area contributed by atoms with Crippen LogP contribution in [0.3, 0.4) is 0 Å². The summed E-state index contributed by atoms with van der Waals surface area (Å²) in [5.74, 6) is -0.292. The predicted molar refractivity (Wildman–Crippen MR) is 86.9 cm³/mol. The van der Waals surface area contributed by atoms with Crippen molar-refractivity contribution in [1.29, 1.82) is 0 Å². The van der Waals surface area contributed by atoms with Crippen LogP contribution >= 0.6 is 0 Å². The van der Waals surface area contributed by atoms with Gasteiger partial charge in [-0.1, -0.05) is 0 Å². The van der Waals surface area contributed by atoms with Crippen LogP contribution in [-0.4, -0.2) is 34.1 Å². The van der Waals surface area contributed by atoms with Crippen LogP contribution < -0.4 is 10.6 Å². The average Bonchev–Trinajstić information content (AvgIpc) is 2.87. The fraction of sp³-hybridized carbons (Fsp3) is 0.438. The average molecular weight is 318 g/mol. The highest BCUT2D eigenvalue weighted by Crippen LogP contribution is 2.18. The Morgan fingerprint density at radius 3 is 2.78 bits per heavy atom. The molecule has 124 valence electrons. The van der Waals surface area contributed by atoms with Crippen molar-refractivity contribution in [1.82, 2.24) is 20.6 Å². The molecule has 7 heteroatoms. The predicted octanol–water partition coefficient (Wildman–Crippen LogP) is 2.26. The number of H-pyrrole nitrogens is 1. The van der Waals surface area contributed by atoms with Crippen molar-refractivity contribution in [2.75, 3.05) is 6.54 Å². The van der Waals surface area contributed by atoms with Gasteiger partial charge >= 0.3 is 6.09 Å². The highest BCUT2D eigenvalue weighted by molar-refractivity contribution is 5.83. The number of carbonyl (C=O) groups is 2. The summed E-state index contributed by atoms with van der Waals surface area (Å²) in [5.41, 5.74) is 1.20. The second-order valence-electron chi connectivity index (χ2n) is 6.33. The third-order valence-electron chi connectivity index (χ3n) is 3.08. The monoisotopic (exact) mass is 318 g/mol. The normalized spacial score (nSPS) is 12.7. The van der Waals surface area contributed by atoms with Gasteiger partial charge in [0.15, 0.2) is 0 Å². The van der Waals surface area contributed by atoms with Crippen molar-refractivity contribution < 1.29 is 14.3 Å². The lowest BCUT2D eigenvalue weighted by Gasteiger charge is -2.20. The molecule has 0 aliphatic carbocycles. The number of nitrogens with zero attached hydrogens (tertiary/aromatic N) is 1. The lowest BCUT2D eigenvalue weighted by molar-refractivity contribution is -0.120. The van der Waals surface area contributed by atoms with E-state index in [9.17, 15) is 9.59 Å². The fourth-order valence-electron chi connectivity index (χ4n) is 2.06. The first-order valence-corrected chi connectivity index (χ1v) is 7.43. The van der Waals surface area contributed by atoms with Crippen LogP contribution in [0, 0.1) is 0 Å². The number of alkyl carbamates (subject to hydrolysis) is 1. The molecule has 2 rings (SSSR count). The first-order valence-electron chi connectivity index (χ1n) is 7.43. The van der Waals surface area contributed by atoms with Crippen LogP contribution in [0.2, 0.25) is 0 Å². The van der Waals surface area contributed by atoms with E-state index < -0.39 is 11.7 Å².